The Morgan fingerprint density at radius 2 is 1.77 bits per heavy atom. The summed E-state index contributed by atoms with van der Waals surface area (Å²) in [5.74, 6) is -0.227. The molecule has 2 aromatic carbocycles. The summed E-state index contributed by atoms with van der Waals surface area (Å²) >= 11 is 6.13. The fraction of sp³-hybridized carbons (Fsp3) is 0.316. The van der Waals surface area contributed by atoms with Gasteiger partial charge in [0.25, 0.3) is 15.9 Å². The highest BCUT2D eigenvalue weighted by atomic mass is 35.5. The van der Waals surface area contributed by atoms with Gasteiger partial charge in [0.2, 0.25) is 0 Å². The summed E-state index contributed by atoms with van der Waals surface area (Å²) in [4.78, 5) is 14.0. The van der Waals surface area contributed by atoms with Crippen LogP contribution in [-0.2, 0) is 10.0 Å². The van der Waals surface area contributed by atoms with E-state index >= 15 is 0 Å². The highest BCUT2D eigenvalue weighted by Crippen LogP contribution is 2.27. The summed E-state index contributed by atoms with van der Waals surface area (Å²) in [6.07, 6.45) is 0. The molecular weight excluding hydrogens is 372 g/mol. The van der Waals surface area contributed by atoms with Crippen molar-refractivity contribution in [1.82, 2.24) is 4.90 Å². The van der Waals surface area contributed by atoms with Crippen molar-refractivity contribution in [2.24, 2.45) is 0 Å². The van der Waals surface area contributed by atoms with Gasteiger partial charge in [-0.25, -0.2) is 8.42 Å². The zero-order valence-electron chi connectivity index (χ0n) is 15.3. The van der Waals surface area contributed by atoms with E-state index in [0.717, 1.165) is 11.1 Å². The topological polar surface area (TPSA) is 66.5 Å². The highest BCUT2D eigenvalue weighted by Gasteiger charge is 2.22. The van der Waals surface area contributed by atoms with Crippen LogP contribution in [0.4, 0.5) is 5.69 Å². The van der Waals surface area contributed by atoms with E-state index < -0.39 is 10.0 Å². The number of anilines is 1. The van der Waals surface area contributed by atoms with Crippen LogP contribution in [-0.4, -0.2) is 32.3 Å². The first kappa shape index (κ1) is 20.3. The number of amides is 1. The molecular formula is C19H23ClN2O3S. The lowest BCUT2D eigenvalue weighted by molar-refractivity contribution is 0.0772. The summed E-state index contributed by atoms with van der Waals surface area (Å²) in [6, 6.07) is 9.69. The van der Waals surface area contributed by atoms with E-state index in [-0.39, 0.29) is 15.8 Å². The molecule has 2 rings (SSSR count). The number of carbonyl (C=O) groups is 1. The largest absolute Gasteiger partial charge is 0.339 e. The van der Waals surface area contributed by atoms with E-state index in [2.05, 4.69) is 4.72 Å². The van der Waals surface area contributed by atoms with Gasteiger partial charge >= 0.3 is 0 Å². The number of nitrogens with zero attached hydrogens (tertiary/aromatic N) is 1. The molecule has 26 heavy (non-hydrogen) atoms. The third-order valence-electron chi connectivity index (χ3n) is 4.37. The normalized spacial score (nSPS) is 11.3. The predicted octanol–water partition coefficient (Wildman–Crippen LogP) is 4.24. The Morgan fingerprint density at radius 1 is 1.12 bits per heavy atom. The average Bonchev–Trinajstić information content (AvgIpc) is 2.60. The lowest BCUT2D eigenvalue weighted by atomic mass is 10.1. The van der Waals surface area contributed by atoms with Crippen molar-refractivity contribution in [3.8, 4) is 0 Å². The van der Waals surface area contributed by atoms with E-state index in [1.54, 1.807) is 23.1 Å². The first-order valence-corrected chi connectivity index (χ1v) is 10.2. The number of carbonyl (C=O) groups excluding carboxylic acids is 1. The van der Waals surface area contributed by atoms with Crippen molar-refractivity contribution in [2.75, 3.05) is 17.8 Å². The van der Waals surface area contributed by atoms with Crippen LogP contribution >= 0.6 is 11.6 Å². The van der Waals surface area contributed by atoms with Gasteiger partial charge in [0.05, 0.1) is 10.7 Å². The van der Waals surface area contributed by atoms with Gasteiger partial charge in [0.15, 0.2) is 0 Å². The number of halogens is 1. The molecule has 0 saturated heterocycles. The number of benzene rings is 2. The van der Waals surface area contributed by atoms with Crippen LogP contribution in [0.1, 0.15) is 35.3 Å². The molecule has 0 spiro atoms. The molecule has 140 valence electrons. The van der Waals surface area contributed by atoms with Crippen LogP contribution in [0.5, 0.6) is 0 Å². The van der Waals surface area contributed by atoms with E-state index in [1.165, 1.54) is 12.1 Å². The quantitative estimate of drug-likeness (QED) is 0.796. The maximum atomic E-state index is 12.8. The van der Waals surface area contributed by atoms with Crippen LogP contribution in [0.15, 0.2) is 41.3 Å². The van der Waals surface area contributed by atoms with E-state index in [9.17, 15) is 13.2 Å². The van der Waals surface area contributed by atoms with Crippen molar-refractivity contribution in [2.45, 2.75) is 32.6 Å². The first-order valence-electron chi connectivity index (χ1n) is 8.39. The minimum Gasteiger partial charge on any atom is -0.339 e. The second kappa shape index (κ2) is 8.10. The average molecular weight is 395 g/mol. The molecule has 0 aliphatic carbocycles. The van der Waals surface area contributed by atoms with Crippen molar-refractivity contribution in [1.29, 1.82) is 0 Å². The third-order valence-corrected chi connectivity index (χ3v) is 6.21. The van der Waals surface area contributed by atoms with Crippen molar-refractivity contribution < 1.29 is 13.2 Å². The molecule has 0 saturated carbocycles. The molecule has 0 aromatic heterocycles. The zero-order chi connectivity index (χ0) is 19.5. The highest BCUT2D eigenvalue weighted by molar-refractivity contribution is 7.92. The van der Waals surface area contributed by atoms with Gasteiger partial charge < -0.3 is 4.90 Å². The molecule has 5 nitrogen and oxygen atoms in total. The van der Waals surface area contributed by atoms with Crippen LogP contribution in [0.25, 0.3) is 0 Å². The maximum absolute atomic E-state index is 12.8. The minimum absolute atomic E-state index is 0.0684. The maximum Gasteiger partial charge on any atom is 0.263 e. The molecule has 2 aromatic rings. The number of aryl methyl sites for hydroxylation is 1. The van der Waals surface area contributed by atoms with Crippen molar-refractivity contribution >= 4 is 33.2 Å². The second-order valence-corrected chi connectivity index (χ2v) is 8.03. The number of hydrogen-bond acceptors (Lipinski definition) is 3. The molecule has 0 unspecified atom stereocenters. The Balaban J connectivity index is 2.44. The van der Waals surface area contributed by atoms with E-state index in [4.69, 9.17) is 11.6 Å². The second-order valence-electron chi connectivity index (χ2n) is 5.98. The van der Waals surface area contributed by atoms with Crippen LogP contribution in [0.3, 0.4) is 0 Å². The van der Waals surface area contributed by atoms with Gasteiger partial charge in [-0.15, -0.1) is 0 Å². The summed E-state index contributed by atoms with van der Waals surface area (Å²) in [6.45, 7) is 8.58. The van der Waals surface area contributed by atoms with Gasteiger partial charge in [-0.1, -0.05) is 23.7 Å². The molecule has 7 heteroatoms. The van der Waals surface area contributed by atoms with Gasteiger partial charge in [-0.05, 0) is 63.1 Å². The van der Waals surface area contributed by atoms with Crippen LogP contribution in [0, 0.1) is 13.8 Å². The summed E-state index contributed by atoms with van der Waals surface area (Å²) < 4.78 is 28.3. The fourth-order valence-corrected chi connectivity index (χ4v) is 4.25. The molecule has 0 fully saturated rings. The number of rotatable bonds is 6. The molecule has 0 radical (unpaired) electrons. The van der Waals surface area contributed by atoms with Crippen LogP contribution < -0.4 is 4.72 Å². The number of hydrogen-bond donors (Lipinski definition) is 1. The SMILES string of the molecule is CCN(CC)C(=O)c1ccc(Cl)c(S(=O)(=O)Nc2cccc(C)c2C)c1. The lowest BCUT2D eigenvalue weighted by Crippen LogP contribution is -2.30. The first-order chi connectivity index (χ1) is 12.2. The smallest absolute Gasteiger partial charge is 0.263 e. The molecule has 0 heterocycles. The van der Waals surface area contributed by atoms with E-state index in [1.807, 2.05) is 33.8 Å². The summed E-state index contributed by atoms with van der Waals surface area (Å²) in [5, 5.41) is 0.0684. The predicted molar refractivity (Wildman–Crippen MR) is 105 cm³/mol. The molecule has 0 bridgehead atoms. The molecule has 0 atom stereocenters. The van der Waals surface area contributed by atoms with Gasteiger partial charge in [0, 0.05) is 18.7 Å². The molecule has 0 aliphatic heterocycles. The van der Waals surface area contributed by atoms with Gasteiger partial charge in [0.1, 0.15) is 4.90 Å². The summed E-state index contributed by atoms with van der Waals surface area (Å²) in [5.41, 5.74) is 2.59. The Bertz CT molecular complexity index is 922. The lowest BCUT2D eigenvalue weighted by Gasteiger charge is -2.19. The third kappa shape index (κ3) is 4.19. The Morgan fingerprint density at radius 3 is 2.38 bits per heavy atom. The molecule has 0 aliphatic rings. The van der Waals surface area contributed by atoms with E-state index in [0.29, 0.717) is 24.3 Å². The Labute approximate surface area is 160 Å². The van der Waals surface area contributed by atoms with Crippen molar-refractivity contribution in [3.05, 3.63) is 58.1 Å². The van der Waals surface area contributed by atoms with Crippen molar-refractivity contribution in [3.63, 3.8) is 0 Å². The number of nitrogens with one attached hydrogen (secondary N) is 1. The fourth-order valence-electron chi connectivity index (χ4n) is 2.60. The zero-order valence-corrected chi connectivity index (χ0v) is 16.9. The van der Waals surface area contributed by atoms with Gasteiger partial charge in [-0.3, -0.25) is 9.52 Å². The summed E-state index contributed by atoms with van der Waals surface area (Å²) in [7, 11) is -3.93. The number of sulfonamides is 1. The minimum atomic E-state index is -3.93. The van der Waals surface area contributed by atoms with Gasteiger partial charge in [-0.2, -0.15) is 0 Å². The Kier molecular flexibility index (Phi) is 6.31. The molecule has 1 N–H and O–H groups in total. The molecule has 1 amide bonds. The van der Waals surface area contributed by atoms with Crippen LogP contribution in [0.2, 0.25) is 5.02 Å². The standard InChI is InChI=1S/C19H23ClN2O3S/c1-5-22(6-2)19(23)15-10-11-16(20)18(12-15)26(24,25)21-17-9-7-8-13(3)14(17)4/h7-12,21H,5-6H2,1-4H3. The monoisotopic (exact) mass is 394 g/mol. The Hall–Kier alpha value is -2.05.